The Morgan fingerprint density at radius 1 is 1.58 bits per heavy atom. The average Bonchev–Trinajstić information content (AvgIpc) is 2.33. The Morgan fingerprint density at radius 3 is 3.17 bits per heavy atom. The zero-order valence-corrected chi connectivity index (χ0v) is 8.07. The van der Waals surface area contributed by atoms with Gasteiger partial charge in [-0.3, -0.25) is 4.79 Å². The molecule has 0 aromatic rings. The van der Waals surface area contributed by atoms with Crippen LogP contribution in [0.2, 0.25) is 0 Å². The van der Waals surface area contributed by atoms with Crippen LogP contribution in [-0.2, 0) is 4.79 Å². The van der Waals surface area contributed by atoms with Crippen molar-refractivity contribution in [2.45, 2.75) is 25.3 Å². The zero-order chi connectivity index (χ0) is 8.81. The van der Waals surface area contributed by atoms with Crippen LogP contribution in [0.5, 0.6) is 0 Å². The van der Waals surface area contributed by atoms with E-state index in [-0.39, 0.29) is 11.7 Å². The molecule has 0 radical (unpaired) electrons. The molecular formula is C8H16N2OS. The molecule has 0 aliphatic carbocycles. The number of hydrogen-bond donors (Lipinski definition) is 3. The molecule has 3 nitrogen and oxygen atoms in total. The molecule has 1 unspecified atom stereocenters. The smallest absolute Gasteiger partial charge is 0.229 e. The number of thiol groups is 1. The second kappa shape index (κ2) is 5.43. The van der Waals surface area contributed by atoms with Crippen LogP contribution in [0.4, 0.5) is 0 Å². The third-order valence-corrected chi connectivity index (χ3v) is 2.34. The van der Waals surface area contributed by atoms with Crippen LogP contribution in [0.25, 0.3) is 0 Å². The third-order valence-electron chi connectivity index (χ3n) is 2.06. The fraction of sp³-hybridized carbons (Fsp3) is 0.875. The highest BCUT2D eigenvalue weighted by Gasteiger charge is 2.12. The highest BCUT2D eigenvalue weighted by Crippen LogP contribution is 2.03. The molecule has 0 bridgehead atoms. The molecule has 0 saturated carbocycles. The summed E-state index contributed by atoms with van der Waals surface area (Å²) in [5.74, 6) is 0.322. The topological polar surface area (TPSA) is 41.1 Å². The van der Waals surface area contributed by atoms with Crippen molar-refractivity contribution in [1.29, 1.82) is 0 Å². The Balaban J connectivity index is 2.24. The van der Waals surface area contributed by atoms with E-state index in [2.05, 4.69) is 23.3 Å². The monoisotopic (exact) mass is 188 g/mol. The molecule has 0 spiro atoms. The Bertz CT molecular complexity index is 144. The van der Waals surface area contributed by atoms with Crippen LogP contribution in [0.15, 0.2) is 0 Å². The van der Waals surface area contributed by atoms with Gasteiger partial charge >= 0.3 is 0 Å². The Kier molecular flexibility index (Phi) is 4.46. The molecule has 1 fully saturated rings. The Morgan fingerprint density at radius 2 is 2.42 bits per heavy atom. The summed E-state index contributed by atoms with van der Waals surface area (Å²) in [6.45, 7) is 1.98. The molecular weight excluding hydrogens is 172 g/mol. The van der Waals surface area contributed by atoms with Crippen molar-refractivity contribution in [3.8, 4) is 0 Å². The molecule has 0 aromatic heterocycles. The minimum atomic E-state index is 0.0343. The first-order valence-electron chi connectivity index (χ1n) is 4.44. The standard InChI is InChI=1S/C8H16N2OS/c11-8(6-12)10-7-3-1-2-4-9-5-7/h7,9,12H,1-6H2,(H,10,11). The quantitative estimate of drug-likeness (QED) is 0.541. The van der Waals surface area contributed by atoms with Crippen LogP contribution in [0.3, 0.4) is 0 Å². The highest BCUT2D eigenvalue weighted by atomic mass is 32.1. The third kappa shape index (κ3) is 3.45. The second-order valence-corrected chi connectivity index (χ2v) is 3.44. The fourth-order valence-corrected chi connectivity index (χ4v) is 1.51. The Hall–Kier alpha value is -0.220. The summed E-state index contributed by atoms with van der Waals surface area (Å²) in [4.78, 5) is 11.0. The average molecular weight is 188 g/mol. The first kappa shape index (κ1) is 9.86. The minimum absolute atomic E-state index is 0.0343. The summed E-state index contributed by atoms with van der Waals surface area (Å²) in [5, 5.41) is 6.22. The molecule has 1 rings (SSSR count). The zero-order valence-electron chi connectivity index (χ0n) is 7.18. The second-order valence-electron chi connectivity index (χ2n) is 3.12. The van der Waals surface area contributed by atoms with Crippen molar-refractivity contribution in [3.05, 3.63) is 0 Å². The van der Waals surface area contributed by atoms with Crippen LogP contribution in [-0.4, -0.2) is 30.8 Å². The predicted octanol–water partition coefficient (Wildman–Crippen LogP) is 0.174. The van der Waals surface area contributed by atoms with Gasteiger partial charge in [-0.1, -0.05) is 6.42 Å². The van der Waals surface area contributed by atoms with Crippen LogP contribution in [0.1, 0.15) is 19.3 Å². The molecule has 1 aliphatic rings. The largest absolute Gasteiger partial charge is 0.351 e. The molecule has 1 saturated heterocycles. The van der Waals surface area contributed by atoms with E-state index in [4.69, 9.17) is 0 Å². The molecule has 1 heterocycles. The van der Waals surface area contributed by atoms with E-state index >= 15 is 0 Å². The van der Waals surface area contributed by atoms with Gasteiger partial charge in [0.2, 0.25) is 5.91 Å². The molecule has 70 valence electrons. The molecule has 4 heteroatoms. The van der Waals surface area contributed by atoms with E-state index in [1.807, 2.05) is 0 Å². The normalized spacial score (nSPS) is 24.6. The lowest BCUT2D eigenvalue weighted by molar-refractivity contribution is -0.119. The maximum atomic E-state index is 11.0. The van der Waals surface area contributed by atoms with Crippen molar-refractivity contribution in [3.63, 3.8) is 0 Å². The van der Waals surface area contributed by atoms with Gasteiger partial charge in [0.15, 0.2) is 0 Å². The number of amides is 1. The van der Waals surface area contributed by atoms with E-state index in [1.54, 1.807) is 0 Å². The van der Waals surface area contributed by atoms with Gasteiger partial charge < -0.3 is 10.6 Å². The van der Waals surface area contributed by atoms with Crippen molar-refractivity contribution in [2.24, 2.45) is 0 Å². The predicted molar refractivity (Wildman–Crippen MR) is 52.5 cm³/mol. The van der Waals surface area contributed by atoms with Crippen LogP contribution in [0, 0.1) is 0 Å². The molecule has 2 N–H and O–H groups in total. The van der Waals surface area contributed by atoms with Gasteiger partial charge in [-0.05, 0) is 19.4 Å². The van der Waals surface area contributed by atoms with Gasteiger partial charge in [-0.15, -0.1) is 0 Å². The van der Waals surface area contributed by atoms with E-state index in [0.29, 0.717) is 6.04 Å². The maximum absolute atomic E-state index is 11.0. The van der Waals surface area contributed by atoms with E-state index in [9.17, 15) is 4.79 Å². The fourth-order valence-electron chi connectivity index (χ4n) is 1.42. The van der Waals surface area contributed by atoms with Gasteiger partial charge in [-0.25, -0.2) is 0 Å². The number of carbonyl (C=O) groups is 1. The van der Waals surface area contributed by atoms with Crippen molar-refractivity contribution >= 4 is 18.5 Å². The minimum Gasteiger partial charge on any atom is -0.351 e. The molecule has 0 aromatic carbocycles. The lowest BCUT2D eigenvalue weighted by Crippen LogP contribution is -2.41. The molecule has 1 amide bonds. The molecule has 1 atom stereocenters. The summed E-state index contributed by atoms with van der Waals surface area (Å²) in [6.07, 6.45) is 3.50. The summed E-state index contributed by atoms with van der Waals surface area (Å²) in [6, 6.07) is 0.312. The number of nitrogens with one attached hydrogen (secondary N) is 2. The van der Waals surface area contributed by atoms with E-state index in [0.717, 1.165) is 19.5 Å². The summed E-state index contributed by atoms with van der Waals surface area (Å²) < 4.78 is 0. The molecule has 12 heavy (non-hydrogen) atoms. The van der Waals surface area contributed by atoms with Gasteiger partial charge in [-0.2, -0.15) is 12.6 Å². The summed E-state index contributed by atoms with van der Waals surface area (Å²) >= 11 is 3.91. The molecule has 1 aliphatic heterocycles. The van der Waals surface area contributed by atoms with Gasteiger partial charge in [0.05, 0.1) is 5.75 Å². The number of carbonyl (C=O) groups excluding carboxylic acids is 1. The first-order valence-corrected chi connectivity index (χ1v) is 5.07. The van der Waals surface area contributed by atoms with Gasteiger partial charge in [0.25, 0.3) is 0 Å². The summed E-state index contributed by atoms with van der Waals surface area (Å²) in [5.41, 5.74) is 0. The Labute approximate surface area is 78.7 Å². The van der Waals surface area contributed by atoms with Gasteiger partial charge in [0.1, 0.15) is 0 Å². The van der Waals surface area contributed by atoms with E-state index in [1.165, 1.54) is 12.8 Å². The van der Waals surface area contributed by atoms with Crippen LogP contribution < -0.4 is 10.6 Å². The van der Waals surface area contributed by atoms with Crippen LogP contribution >= 0.6 is 12.6 Å². The first-order chi connectivity index (χ1) is 5.83. The van der Waals surface area contributed by atoms with Crippen molar-refractivity contribution in [2.75, 3.05) is 18.8 Å². The van der Waals surface area contributed by atoms with E-state index < -0.39 is 0 Å². The van der Waals surface area contributed by atoms with Crippen molar-refractivity contribution in [1.82, 2.24) is 10.6 Å². The lowest BCUT2D eigenvalue weighted by atomic mass is 10.1. The van der Waals surface area contributed by atoms with Gasteiger partial charge in [0, 0.05) is 12.6 Å². The van der Waals surface area contributed by atoms with Crippen molar-refractivity contribution < 1.29 is 4.79 Å². The maximum Gasteiger partial charge on any atom is 0.229 e. The SMILES string of the molecule is O=C(CS)NC1CCCCNC1. The summed E-state index contributed by atoms with van der Waals surface area (Å²) in [7, 11) is 0. The lowest BCUT2D eigenvalue weighted by Gasteiger charge is -2.15. The number of rotatable bonds is 2. The number of hydrogen-bond acceptors (Lipinski definition) is 3. The highest BCUT2D eigenvalue weighted by molar-refractivity contribution is 7.81.